The molecule has 2 aliphatic carbocycles. The molecule has 2 aliphatic heterocycles. The lowest BCUT2D eigenvalue weighted by molar-refractivity contribution is -0.138. The molecule has 54 heavy (non-hydrogen) atoms. The molecule has 8 rings (SSSR count). The highest BCUT2D eigenvalue weighted by Crippen LogP contribution is 2.41. The number of imidazole rings is 2. The molecule has 2 saturated heterocycles. The van der Waals surface area contributed by atoms with Gasteiger partial charge in [-0.3, -0.25) is 19.4 Å². The smallest absolute Gasteiger partial charge is 0.407 e. The summed E-state index contributed by atoms with van der Waals surface area (Å²) in [6.45, 7) is 1.17. The van der Waals surface area contributed by atoms with E-state index in [2.05, 4.69) is 44.2 Å². The first-order chi connectivity index (χ1) is 26.1. The summed E-state index contributed by atoms with van der Waals surface area (Å²) >= 11 is 0. The van der Waals surface area contributed by atoms with Crippen LogP contribution < -0.4 is 0 Å². The van der Waals surface area contributed by atoms with E-state index in [0.717, 1.165) is 94.8 Å². The molecular weight excluding hydrogens is 688 g/mol. The van der Waals surface area contributed by atoms with E-state index in [1.165, 1.54) is 14.1 Å². The number of likely N-dealkylation sites (tertiary alicyclic amines) is 2. The lowest BCUT2D eigenvalue weighted by Crippen LogP contribution is -2.50. The Kier molecular flexibility index (Phi) is 9.36. The standard InChI is InChI=1S/C40H46N8O6/c1-45(39(51)52)33(27-15-16-27)37(49)47-19-3-5-31(47)35-41-21-29(43-35)25-11-7-23(8-12-25)24-9-13-26(14-10-24)30-22-42-36(44-30)32-6-4-20-48(32)38(50)34(28-17-18-28)46(2)40(53)54/h7-14,21-22,27-28,31-34H,3-6,15-20H2,1-2H3,(H,41,43)(H,42,44)(H,51,52)(H,53,54)/t31-,32-,33-,34-/m0/s1. The number of likely N-dealkylation sites (N-methyl/N-ethyl adjacent to an activating group) is 2. The van der Waals surface area contributed by atoms with Gasteiger partial charge in [-0.1, -0.05) is 48.5 Å². The van der Waals surface area contributed by atoms with Crippen LogP contribution in [0.2, 0.25) is 0 Å². The summed E-state index contributed by atoms with van der Waals surface area (Å²) in [4.78, 5) is 72.8. The molecule has 0 bridgehead atoms. The number of aromatic nitrogens is 4. The van der Waals surface area contributed by atoms with Crippen LogP contribution in [0.4, 0.5) is 9.59 Å². The minimum atomic E-state index is -1.09. The molecule has 282 valence electrons. The molecular formula is C40H46N8O6. The Balaban J connectivity index is 0.922. The number of amides is 4. The van der Waals surface area contributed by atoms with Gasteiger partial charge in [0.05, 0.1) is 35.9 Å². The fourth-order valence-electron chi connectivity index (χ4n) is 8.39. The lowest BCUT2D eigenvalue weighted by Gasteiger charge is -2.31. The molecule has 14 nitrogen and oxygen atoms in total. The van der Waals surface area contributed by atoms with Crippen molar-refractivity contribution in [3.8, 4) is 33.6 Å². The van der Waals surface area contributed by atoms with E-state index >= 15 is 0 Å². The Morgan fingerprint density at radius 3 is 1.30 bits per heavy atom. The highest BCUT2D eigenvalue weighted by atomic mass is 16.4. The number of benzene rings is 2. The largest absolute Gasteiger partial charge is 0.465 e. The fourth-order valence-corrected chi connectivity index (χ4v) is 8.39. The van der Waals surface area contributed by atoms with Crippen molar-refractivity contribution in [3.05, 3.63) is 72.6 Å². The highest BCUT2D eigenvalue weighted by molar-refractivity contribution is 5.87. The Hall–Kier alpha value is -5.66. The van der Waals surface area contributed by atoms with Gasteiger partial charge in [-0.25, -0.2) is 19.6 Å². The van der Waals surface area contributed by atoms with Crippen LogP contribution in [0.5, 0.6) is 0 Å². The van der Waals surface area contributed by atoms with Crippen LogP contribution in [-0.2, 0) is 9.59 Å². The number of carbonyl (C=O) groups is 4. The predicted molar refractivity (Wildman–Crippen MR) is 199 cm³/mol. The van der Waals surface area contributed by atoms with Crippen molar-refractivity contribution in [2.45, 2.75) is 75.5 Å². The van der Waals surface area contributed by atoms with Gasteiger partial charge < -0.3 is 30.0 Å². The van der Waals surface area contributed by atoms with Gasteiger partial charge in [-0.15, -0.1) is 0 Å². The molecule has 14 heteroatoms. The second-order valence-electron chi connectivity index (χ2n) is 15.2. The lowest BCUT2D eigenvalue weighted by atomic mass is 10.0. The number of rotatable bonds is 11. The Morgan fingerprint density at radius 2 is 0.963 bits per heavy atom. The van der Waals surface area contributed by atoms with Gasteiger partial charge in [-0.2, -0.15) is 0 Å². The van der Waals surface area contributed by atoms with Crippen molar-refractivity contribution in [2.24, 2.45) is 11.8 Å². The summed E-state index contributed by atoms with van der Waals surface area (Å²) < 4.78 is 0. The maximum absolute atomic E-state index is 13.6. The molecule has 4 aliphatic rings. The Morgan fingerprint density at radius 1 is 0.611 bits per heavy atom. The molecule has 4 N–H and O–H groups in total. The molecule has 4 amide bonds. The van der Waals surface area contributed by atoms with Crippen molar-refractivity contribution in [1.82, 2.24) is 39.5 Å². The van der Waals surface area contributed by atoms with E-state index in [4.69, 9.17) is 0 Å². The number of carbonyl (C=O) groups excluding carboxylic acids is 2. The second kappa shape index (κ2) is 14.3. The van der Waals surface area contributed by atoms with Crippen LogP contribution in [0.25, 0.3) is 33.6 Å². The van der Waals surface area contributed by atoms with Gasteiger partial charge in [0.1, 0.15) is 23.7 Å². The average molecular weight is 735 g/mol. The van der Waals surface area contributed by atoms with E-state index in [-0.39, 0.29) is 35.7 Å². The summed E-state index contributed by atoms with van der Waals surface area (Å²) in [7, 11) is 2.97. The first-order valence-electron chi connectivity index (χ1n) is 18.9. The Bertz CT molecular complexity index is 1890. The molecule has 0 radical (unpaired) electrons. The van der Waals surface area contributed by atoms with Crippen LogP contribution >= 0.6 is 0 Å². The quantitative estimate of drug-likeness (QED) is 0.140. The van der Waals surface area contributed by atoms with Crippen molar-refractivity contribution >= 4 is 24.0 Å². The molecule has 2 aromatic heterocycles. The monoisotopic (exact) mass is 734 g/mol. The summed E-state index contributed by atoms with van der Waals surface area (Å²) in [6.07, 6.45) is 8.10. The van der Waals surface area contributed by atoms with Crippen molar-refractivity contribution in [2.75, 3.05) is 27.2 Å². The van der Waals surface area contributed by atoms with Crippen molar-refractivity contribution in [1.29, 1.82) is 0 Å². The molecule has 4 atom stereocenters. The van der Waals surface area contributed by atoms with Gasteiger partial charge in [-0.05, 0) is 85.5 Å². The van der Waals surface area contributed by atoms with E-state index in [9.17, 15) is 29.4 Å². The Labute approximate surface area is 313 Å². The van der Waals surface area contributed by atoms with Gasteiger partial charge in [0.25, 0.3) is 0 Å². The topological polar surface area (TPSA) is 179 Å². The SMILES string of the molecule is CN(C(=O)O)[C@H](C(=O)N1CCC[C@H]1c1ncc(-c2ccc(-c3ccc(-c4cnc([C@@H]5CCCN5C(=O)[C@H](C5CC5)N(C)C(=O)O)[nH]4)cc3)cc2)[nH]1)C1CC1. The molecule has 0 unspecified atom stereocenters. The van der Waals surface area contributed by atoms with Crippen LogP contribution in [0.3, 0.4) is 0 Å². The molecule has 4 fully saturated rings. The zero-order valence-electron chi connectivity index (χ0n) is 30.5. The maximum Gasteiger partial charge on any atom is 0.407 e. The first kappa shape index (κ1) is 35.4. The number of nitrogens with one attached hydrogen (secondary N) is 2. The number of carboxylic acid groups (broad SMARTS) is 2. The number of nitrogens with zero attached hydrogens (tertiary/aromatic N) is 6. The summed E-state index contributed by atoms with van der Waals surface area (Å²) in [5.74, 6) is 1.31. The van der Waals surface area contributed by atoms with Crippen molar-refractivity contribution in [3.63, 3.8) is 0 Å². The summed E-state index contributed by atoms with van der Waals surface area (Å²) in [5, 5.41) is 19.2. The van der Waals surface area contributed by atoms with Crippen LogP contribution in [0.1, 0.15) is 75.1 Å². The van der Waals surface area contributed by atoms with Gasteiger partial charge in [0.15, 0.2) is 0 Å². The molecule has 2 saturated carbocycles. The van der Waals surface area contributed by atoms with E-state index < -0.39 is 24.3 Å². The van der Waals surface area contributed by atoms with Crippen LogP contribution in [-0.4, -0.2) is 113 Å². The maximum atomic E-state index is 13.6. The number of aromatic amines is 2. The third-order valence-corrected chi connectivity index (χ3v) is 11.7. The first-order valence-corrected chi connectivity index (χ1v) is 18.9. The third-order valence-electron chi connectivity index (χ3n) is 11.7. The van der Waals surface area contributed by atoms with Crippen LogP contribution in [0.15, 0.2) is 60.9 Å². The highest BCUT2D eigenvalue weighted by Gasteiger charge is 2.47. The zero-order valence-corrected chi connectivity index (χ0v) is 30.5. The normalized spacial score (nSPS) is 20.9. The third kappa shape index (κ3) is 6.80. The number of hydrogen-bond acceptors (Lipinski definition) is 6. The predicted octanol–water partition coefficient (Wildman–Crippen LogP) is 6.24. The van der Waals surface area contributed by atoms with Gasteiger partial charge in [0, 0.05) is 27.2 Å². The van der Waals surface area contributed by atoms with E-state index in [0.29, 0.717) is 24.7 Å². The van der Waals surface area contributed by atoms with E-state index in [1.54, 1.807) is 22.2 Å². The fraction of sp³-hybridized carbons (Fsp3) is 0.450. The minimum absolute atomic E-state index is 0.0769. The second-order valence-corrected chi connectivity index (χ2v) is 15.2. The number of hydrogen-bond donors (Lipinski definition) is 4. The van der Waals surface area contributed by atoms with Gasteiger partial charge >= 0.3 is 12.2 Å². The molecule has 0 spiro atoms. The zero-order chi connectivity index (χ0) is 37.7. The van der Waals surface area contributed by atoms with Crippen LogP contribution in [0, 0.1) is 11.8 Å². The summed E-state index contributed by atoms with van der Waals surface area (Å²) in [6, 6.07) is 14.7. The molecule has 2 aromatic carbocycles. The summed E-state index contributed by atoms with van der Waals surface area (Å²) in [5.41, 5.74) is 5.73. The number of H-pyrrole nitrogens is 2. The van der Waals surface area contributed by atoms with Gasteiger partial charge in [0.2, 0.25) is 11.8 Å². The van der Waals surface area contributed by atoms with Crippen molar-refractivity contribution < 1.29 is 29.4 Å². The van der Waals surface area contributed by atoms with E-state index in [1.807, 2.05) is 24.3 Å². The minimum Gasteiger partial charge on any atom is -0.465 e. The molecule has 4 aromatic rings. The molecule has 4 heterocycles. The average Bonchev–Trinajstić information content (AvgIpc) is 3.87.